The second kappa shape index (κ2) is 8.52. The molecule has 2 aromatic heterocycles. The second-order valence-corrected chi connectivity index (χ2v) is 10.2. The van der Waals surface area contributed by atoms with Crippen molar-refractivity contribution in [3.63, 3.8) is 0 Å². The van der Waals surface area contributed by atoms with Crippen LogP contribution in [0.5, 0.6) is 11.6 Å². The highest BCUT2D eigenvalue weighted by Crippen LogP contribution is 2.37. The van der Waals surface area contributed by atoms with Crippen molar-refractivity contribution in [1.29, 1.82) is 0 Å². The van der Waals surface area contributed by atoms with Gasteiger partial charge < -0.3 is 19.9 Å². The highest BCUT2D eigenvalue weighted by molar-refractivity contribution is 7.93. The first-order valence-corrected chi connectivity index (χ1v) is 12.2. The molecule has 0 unspecified atom stereocenters. The molecule has 170 valence electrons. The van der Waals surface area contributed by atoms with Crippen molar-refractivity contribution in [1.82, 2.24) is 9.97 Å². The standard InChI is InChI=1S/C20H22N4O6S2/c1-11-16-19(30-3)22-15(10-29-2)23-20(16)31-17(11)18(26)21-13-9-12(5-6-14(13)25)24-7-4-8-32(24,27)28/h5-6,9,25H,4,7-8,10H2,1-3H3,(H,21,26). The van der Waals surface area contributed by atoms with Gasteiger partial charge in [0, 0.05) is 13.7 Å². The van der Waals surface area contributed by atoms with E-state index in [1.165, 1.54) is 48.1 Å². The first-order chi connectivity index (χ1) is 15.2. The Morgan fingerprint density at radius 1 is 1.31 bits per heavy atom. The van der Waals surface area contributed by atoms with Crippen LogP contribution in [0.3, 0.4) is 0 Å². The van der Waals surface area contributed by atoms with Crippen LogP contribution in [-0.2, 0) is 21.4 Å². The van der Waals surface area contributed by atoms with E-state index in [1.54, 1.807) is 6.92 Å². The maximum Gasteiger partial charge on any atom is 0.266 e. The Kier molecular flexibility index (Phi) is 5.93. The number of sulfonamides is 1. The number of aromatic hydroxyl groups is 1. The molecule has 1 aliphatic heterocycles. The molecule has 1 fully saturated rings. The summed E-state index contributed by atoms with van der Waals surface area (Å²) >= 11 is 1.17. The number of anilines is 2. The van der Waals surface area contributed by atoms with Crippen molar-refractivity contribution in [2.24, 2.45) is 0 Å². The third kappa shape index (κ3) is 3.96. The summed E-state index contributed by atoms with van der Waals surface area (Å²) in [4.78, 5) is 22.8. The Morgan fingerprint density at radius 2 is 2.09 bits per heavy atom. The molecule has 1 amide bonds. The van der Waals surface area contributed by atoms with Gasteiger partial charge in [-0.25, -0.2) is 13.4 Å². The first-order valence-electron chi connectivity index (χ1n) is 9.73. The number of nitrogens with zero attached hydrogens (tertiary/aromatic N) is 3. The van der Waals surface area contributed by atoms with Crippen molar-refractivity contribution in [3.05, 3.63) is 34.5 Å². The Hall–Kier alpha value is -2.96. The molecule has 0 radical (unpaired) electrons. The van der Waals surface area contributed by atoms with Gasteiger partial charge in [-0.15, -0.1) is 11.3 Å². The van der Waals surface area contributed by atoms with Gasteiger partial charge in [-0.1, -0.05) is 0 Å². The zero-order valence-electron chi connectivity index (χ0n) is 17.7. The van der Waals surface area contributed by atoms with Crippen molar-refractivity contribution in [2.75, 3.05) is 36.1 Å². The topological polar surface area (TPSA) is 131 Å². The lowest BCUT2D eigenvalue weighted by molar-refractivity contribution is 0.102. The highest BCUT2D eigenvalue weighted by atomic mass is 32.2. The summed E-state index contributed by atoms with van der Waals surface area (Å²) in [5.74, 6) is 0.223. The lowest BCUT2D eigenvalue weighted by Gasteiger charge is -2.18. The number of hydrogen-bond donors (Lipinski definition) is 2. The number of thiophene rings is 1. The molecule has 3 heterocycles. The molecule has 0 atom stereocenters. The molecular weight excluding hydrogens is 456 g/mol. The van der Waals surface area contributed by atoms with Crippen molar-refractivity contribution < 1.29 is 27.8 Å². The Bertz CT molecular complexity index is 1310. The SMILES string of the molecule is COCc1nc(OC)c2c(C)c(C(=O)Nc3cc(N4CCCS4(=O)=O)ccc3O)sc2n1. The molecule has 12 heteroatoms. The fourth-order valence-corrected chi connectivity index (χ4v) is 6.23. The maximum atomic E-state index is 13.1. The van der Waals surface area contributed by atoms with E-state index >= 15 is 0 Å². The van der Waals surface area contributed by atoms with E-state index in [4.69, 9.17) is 9.47 Å². The number of rotatable bonds is 6. The Morgan fingerprint density at radius 3 is 2.75 bits per heavy atom. The molecule has 2 N–H and O–H groups in total. The average Bonchev–Trinajstić information content (AvgIpc) is 3.28. The minimum absolute atomic E-state index is 0.0739. The summed E-state index contributed by atoms with van der Waals surface area (Å²) in [5.41, 5.74) is 1.14. The van der Waals surface area contributed by atoms with E-state index in [2.05, 4.69) is 15.3 Å². The van der Waals surface area contributed by atoms with Gasteiger partial charge in [0.1, 0.15) is 17.2 Å². The van der Waals surface area contributed by atoms with Gasteiger partial charge in [0.05, 0.1) is 34.5 Å². The minimum Gasteiger partial charge on any atom is -0.506 e. The maximum absolute atomic E-state index is 13.1. The van der Waals surface area contributed by atoms with Crippen LogP contribution in [-0.4, -0.2) is 55.9 Å². The lowest BCUT2D eigenvalue weighted by Crippen LogP contribution is -2.25. The summed E-state index contributed by atoms with van der Waals surface area (Å²) in [7, 11) is -0.364. The van der Waals surface area contributed by atoms with Gasteiger partial charge in [-0.05, 0) is 37.1 Å². The van der Waals surface area contributed by atoms with Crippen LogP contribution >= 0.6 is 11.3 Å². The minimum atomic E-state index is -3.39. The van der Waals surface area contributed by atoms with E-state index in [9.17, 15) is 18.3 Å². The molecule has 1 aliphatic rings. The summed E-state index contributed by atoms with van der Waals surface area (Å²) in [6.07, 6.45) is 0.528. The number of fused-ring (bicyclic) bond motifs is 1. The molecule has 10 nitrogen and oxygen atoms in total. The summed E-state index contributed by atoms with van der Waals surface area (Å²) in [6, 6.07) is 4.33. The van der Waals surface area contributed by atoms with Crippen LogP contribution in [0.25, 0.3) is 10.2 Å². The largest absolute Gasteiger partial charge is 0.506 e. The number of phenols is 1. The number of amides is 1. The van der Waals surface area contributed by atoms with E-state index < -0.39 is 15.9 Å². The van der Waals surface area contributed by atoms with Crippen LogP contribution in [0.15, 0.2) is 18.2 Å². The van der Waals surface area contributed by atoms with Gasteiger partial charge in [0.2, 0.25) is 15.9 Å². The fraction of sp³-hybridized carbons (Fsp3) is 0.350. The third-order valence-corrected chi connectivity index (χ3v) is 8.15. The van der Waals surface area contributed by atoms with Crippen LogP contribution in [0, 0.1) is 6.92 Å². The quantitative estimate of drug-likeness (QED) is 0.517. The molecule has 0 bridgehead atoms. The molecule has 1 saturated heterocycles. The van der Waals surface area contributed by atoms with Crippen molar-refractivity contribution in [2.45, 2.75) is 20.0 Å². The van der Waals surface area contributed by atoms with Gasteiger partial charge in [-0.3, -0.25) is 9.10 Å². The van der Waals surface area contributed by atoms with E-state index in [0.29, 0.717) is 51.0 Å². The number of aromatic nitrogens is 2. The zero-order valence-corrected chi connectivity index (χ0v) is 19.3. The molecule has 4 rings (SSSR count). The van der Waals surface area contributed by atoms with E-state index in [0.717, 1.165) is 0 Å². The molecule has 0 spiro atoms. The monoisotopic (exact) mass is 478 g/mol. The number of ether oxygens (including phenoxy) is 2. The molecule has 32 heavy (non-hydrogen) atoms. The van der Waals surface area contributed by atoms with Crippen LogP contribution in [0.4, 0.5) is 11.4 Å². The number of carbonyl (C=O) groups is 1. The van der Waals surface area contributed by atoms with Crippen LogP contribution in [0.1, 0.15) is 27.5 Å². The normalized spacial score (nSPS) is 15.3. The number of aryl methyl sites for hydroxylation is 1. The van der Waals surface area contributed by atoms with E-state index in [1.807, 2.05) is 0 Å². The summed E-state index contributed by atoms with van der Waals surface area (Å²) in [6.45, 7) is 2.33. The summed E-state index contributed by atoms with van der Waals surface area (Å²) < 4.78 is 36.2. The van der Waals surface area contributed by atoms with Crippen molar-refractivity contribution in [3.8, 4) is 11.6 Å². The Balaban J connectivity index is 1.69. The molecular formula is C20H22N4O6S2. The predicted molar refractivity (Wildman–Crippen MR) is 121 cm³/mol. The predicted octanol–water partition coefficient (Wildman–Crippen LogP) is 2.65. The van der Waals surface area contributed by atoms with Crippen LogP contribution in [0.2, 0.25) is 0 Å². The van der Waals surface area contributed by atoms with Gasteiger partial charge >= 0.3 is 0 Å². The van der Waals surface area contributed by atoms with Crippen molar-refractivity contribution >= 4 is 48.9 Å². The number of phenolic OH excluding ortho intramolecular Hbond substituents is 1. The second-order valence-electron chi connectivity index (χ2n) is 7.22. The van der Waals surface area contributed by atoms with E-state index in [-0.39, 0.29) is 23.8 Å². The summed E-state index contributed by atoms with van der Waals surface area (Å²) in [5, 5.41) is 13.6. The smallest absolute Gasteiger partial charge is 0.266 e. The molecule has 0 saturated carbocycles. The molecule has 0 aliphatic carbocycles. The number of hydrogen-bond acceptors (Lipinski definition) is 9. The van der Waals surface area contributed by atoms with Crippen LogP contribution < -0.4 is 14.4 Å². The molecule has 1 aromatic carbocycles. The third-order valence-electron chi connectivity index (χ3n) is 5.09. The number of nitrogens with one attached hydrogen (secondary N) is 1. The first kappa shape index (κ1) is 22.2. The average molecular weight is 479 g/mol. The lowest BCUT2D eigenvalue weighted by atomic mass is 10.2. The van der Waals surface area contributed by atoms with Gasteiger partial charge in [-0.2, -0.15) is 4.98 Å². The highest BCUT2D eigenvalue weighted by Gasteiger charge is 2.29. The zero-order chi connectivity index (χ0) is 23.0. The van der Waals surface area contributed by atoms with Gasteiger partial charge in [0.15, 0.2) is 5.82 Å². The number of carbonyl (C=O) groups excluding carboxylic acids is 1. The van der Waals surface area contributed by atoms with Gasteiger partial charge in [0.25, 0.3) is 5.91 Å². The number of benzene rings is 1. The fourth-order valence-electron chi connectivity index (χ4n) is 3.59. The molecule has 3 aromatic rings. The Labute approximate surface area is 188 Å². The number of methoxy groups -OCH3 is 2.